The summed E-state index contributed by atoms with van der Waals surface area (Å²) in [4.78, 5) is 15.1. The molecule has 0 saturated carbocycles. The Morgan fingerprint density at radius 3 is 2.59 bits per heavy atom. The van der Waals surface area contributed by atoms with E-state index in [1.807, 2.05) is 6.92 Å². The molecule has 0 aliphatic carbocycles. The van der Waals surface area contributed by atoms with E-state index in [1.54, 1.807) is 24.4 Å². The first-order chi connectivity index (χ1) is 10.6. The van der Waals surface area contributed by atoms with Crippen LogP contribution in [-0.2, 0) is 46.7 Å². The van der Waals surface area contributed by atoms with Gasteiger partial charge in [-0.2, -0.15) is 0 Å². The molecule has 0 saturated heterocycles. The van der Waals surface area contributed by atoms with Gasteiger partial charge >= 0.3 is 161 Å². The van der Waals surface area contributed by atoms with Gasteiger partial charge in [-0.3, -0.25) is 0 Å². The molecule has 0 N–H and O–H groups in total. The number of benzene rings is 2. The van der Waals surface area contributed by atoms with Crippen molar-refractivity contribution in [3.63, 3.8) is 0 Å². The van der Waals surface area contributed by atoms with Crippen molar-refractivity contribution < 1.29 is 51.6 Å². The van der Waals surface area contributed by atoms with Crippen LogP contribution in [-0.4, -0.2) is 11.1 Å². The van der Waals surface area contributed by atoms with Crippen molar-refractivity contribution in [1.82, 2.24) is 0 Å². The zero-order valence-electron chi connectivity index (χ0n) is 11.9. The molecule has 0 heterocycles. The van der Waals surface area contributed by atoms with Gasteiger partial charge in [0, 0.05) is 0 Å². The SMILES string of the molecule is Cc1c[c]([Hg][Cl])c[c]([Hg][Cl])c1N=Cc1ccccc1[N+](=O)[O-]. The van der Waals surface area contributed by atoms with Crippen molar-refractivity contribution in [3.8, 4) is 0 Å². The standard InChI is InChI=1S/C14H10N2O2.2ClH.2Hg/c1-11-6-2-4-8-13(11)15-10-12-7-3-5-9-14(12)16(17)18;;;;/h3-7,9-10H,1H3;2*1H;;/q;;;2*+1/p-2. The summed E-state index contributed by atoms with van der Waals surface area (Å²) in [7, 11) is 12.3. The fourth-order valence-electron chi connectivity index (χ4n) is 2.19. The summed E-state index contributed by atoms with van der Waals surface area (Å²) in [6.45, 7) is 1.99. The number of hydrogen-bond donors (Lipinski definition) is 0. The fourth-order valence-corrected chi connectivity index (χ4v) is 15.7. The number of hydrogen-bond acceptors (Lipinski definition) is 3. The molecule has 4 nitrogen and oxygen atoms in total. The number of nitro benzene ring substituents is 1. The first-order valence-electron chi connectivity index (χ1n) is 6.58. The Balaban J connectivity index is 2.45. The summed E-state index contributed by atoms with van der Waals surface area (Å²) < 4.78 is 2.38. The van der Waals surface area contributed by atoms with Crippen molar-refractivity contribution in [3.05, 3.63) is 57.6 Å². The number of halogens is 2. The normalized spacial score (nSPS) is 10.3. The summed E-state index contributed by atoms with van der Waals surface area (Å²) >= 11 is -3.13. The van der Waals surface area contributed by atoms with Crippen LogP contribution in [0, 0.1) is 17.0 Å². The summed E-state index contributed by atoms with van der Waals surface area (Å²) in [5, 5.41) is 11.0. The van der Waals surface area contributed by atoms with Crippen LogP contribution < -0.4 is 6.14 Å². The zero-order valence-corrected chi connectivity index (χ0v) is 24.4. The molecule has 0 radical (unpaired) electrons. The van der Waals surface area contributed by atoms with E-state index in [-0.39, 0.29) is 5.69 Å². The van der Waals surface area contributed by atoms with Gasteiger partial charge in [0.2, 0.25) is 0 Å². The van der Waals surface area contributed by atoms with Crippen LogP contribution in [0.15, 0.2) is 41.4 Å². The molecule has 0 aromatic heterocycles. The molecule has 0 atom stereocenters. The molecule has 0 aliphatic heterocycles. The van der Waals surface area contributed by atoms with Crippen molar-refractivity contribution >= 4 is 40.2 Å². The molecule has 0 bridgehead atoms. The molecule has 0 fully saturated rings. The van der Waals surface area contributed by atoms with E-state index in [0.717, 1.165) is 14.3 Å². The van der Waals surface area contributed by atoms with E-state index in [1.165, 1.54) is 9.14 Å². The molecular formula is C14H10Cl2Hg2N2O2. The molecule has 0 amide bonds. The second kappa shape index (κ2) is 8.71. The van der Waals surface area contributed by atoms with Gasteiger partial charge in [-0.15, -0.1) is 0 Å². The molecule has 0 aliphatic rings. The minimum atomic E-state index is -1.66. The van der Waals surface area contributed by atoms with Crippen LogP contribution >= 0.6 is 16.5 Å². The van der Waals surface area contributed by atoms with Gasteiger partial charge in [-0.1, -0.05) is 0 Å². The number of aryl methyl sites for hydroxylation is 1. The van der Waals surface area contributed by atoms with E-state index >= 15 is 0 Å². The number of nitrogens with zero attached hydrogens (tertiary/aromatic N) is 2. The number of para-hydroxylation sites is 1. The summed E-state index contributed by atoms with van der Waals surface area (Å²) in [5.74, 6) is 0. The van der Waals surface area contributed by atoms with Gasteiger partial charge in [-0.25, -0.2) is 0 Å². The Bertz CT molecular complexity index is 739. The van der Waals surface area contributed by atoms with Crippen LogP contribution in [0.4, 0.5) is 11.4 Å². The minimum absolute atomic E-state index is 0.0511. The maximum absolute atomic E-state index is 11.0. The van der Waals surface area contributed by atoms with Gasteiger partial charge in [-0.05, 0) is 0 Å². The quantitative estimate of drug-likeness (QED) is 0.207. The second-order valence-corrected chi connectivity index (χ2v) is 17.7. The molecule has 2 aromatic rings. The van der Waals surface area contributed by atoms with Gasteiger partial charge in [0.1, 0.15) is 0 Å². The van der Waals surface area contributed by atoms with Gasteiger partial charge in [0.15, 0.2) is 0 Å². The maximum atomic E-state index is 11.0. The third-order valence-corrected chi connectivity index (χ3v) is 14.4. The Hall–Kier alpha value is -0.0399. The van der Waals surface area contributed by atoms with Crippen molar-refractivity contribution in [1.29, 1.82) is 0 Å². The molecule has 22 heavy (non-hydrogen) atoms. The van der Waals surface area contributed by atoms with Crippen LogP contribution in [0.5, 0.6) is 0 Å². The van der Waals surface area contributed by atoms with Crippen molar-refractivity contribution in [2.45, 2.75) is 6.92 Å². The van der Waals surface area contributed by atoms with Gasteiger partial charge in [0.05, 0.1) is 0 Å². The average Bonchev–Trinajstić information content (AvgIpc) is 2.53. The molecular weight excluding hydrogens is 700 g/mol. The van der Waals surface area contributed by atoms with E-state index in [9.17, 15) is 10.1 Å². The predicted molar refractivity (Wildman–Crippen MR) is 82.5 cm³/mol. The van der Waals surface area contributed by atoms with Crippen molar-refractivity contribution in [2.24, 2.45) is 4.99 Å². The number of nitro groups is 1. The first-order valence-corrected chi connectivity index (χ1v) is 25.6. The zero-order chi connectivity index (χ0) is 16.1. The Morgan fingerprint density at radius 2 is 1.95 bits per heavy atom. The average molecular weight is 710 g/mol. The summed E-state index contributed by atoms with van der Waals surface area (Å²) in [5.41, 5.74) is 2.45. The summed E-state index contributed by atoms with van der Waals surface area (Å²) in [6, 6.07) is 10.7. The van der Waals surface area contributed by atoms with Gasteiger partial charge < -0.3 is 0 Å². The Kier molecular flexibility index (Phi) is 7.25. The summed E-state index contributed by atoms with van der Waals surface area (Å²) in [6.07, 6.45) is 1.55. The second-order valence-electron chi connectivity index (χ2n) is 4.76. The third-order valence-electron chi connectivity index (χ3n) is 3.20. The van der Waals surface area contributed by atoms with Crippen LogP contribution in [0.3, 0.4) is 0 Å². The van der Waals surface area contributed by atoms with E-state index in [4.69, 9.17) is 16.5 Å². The van der Waals surface area contributed by atoms with Crippen molar-refractivity contribution in [2.75, 3.05) is 0 Å². The van der Waals surface area contributed by atoms with Crippen LogP contribution in [0.1, 0.15) is 11.1 Å². The number of aliphatic imine (C=N–C) groups is 1. The Morgan fingerprint density at radius 1 is 1.23 bits per heavy atom. The molecule has 0 spiro atoms. The predicted octanol–water partition coefficient (Wildman–Crippen LogP) is 3.38. The van der Waals surface area contributed by atoms with E-state index in [2.05, 4.69) is 17.1 Å². The van der Waals surface area contributed by atoms with Crippen LogP contribution in [0.25, 0.3) is 0 Å². The number of rotatable bonds is 5. The molecule has 0 unspecified atom stereocenters. The van der Waals surface area contributed by atoms with E-state index < -0.39 is 51.6 Å². The Labute approximate surface area is 159 Å². The van der Waals surface area contributed by atoms with E-state index in [0.29, 0.717) is 5.56 Å². The van der Waals surface area contributed by atoms with Crippen LogP contribution in [0.2, 0.25) is 0 Å². The molecule has 2 aromatic carbocycles. The molecule has 2 rings (SSSR count). The monoisotopic (exact) mass is 712 g/mol. The topological polar surface area (TPSA) is 55.5 Å². The fraction of sp³-hybridized carbons (Fsp3) is 0.0714. The first kappa shape index (κ1) is 18.3. The molecule has 106 valence electrons. The van der Waals surface area contributed by atoms with Gasteiger partial charge in [0.25, 0.3) is 0 Å². The molecule has 8 heteroatoms. The third kappa shape index (κ3) is 4.49.